The monoisotopic (exact) mass is 342 g/mol. The summed E-state index contributed by atoms with van der Waals surface area (Å²) in [6.07, 6.45) is 3.51. The number of hydrogen-bond donors (Lipinski definition) is 3. The molecule has 1 aromatic heterocycles. The lowest BCUT2D eigenvalue weighted by molar-refractivity contribution is -0.138. The molecule has 1 unspecified atom stereocenters. The Morgan fingerprint density at radius 2 is 2.12 bits per heavy atom. The molecule has 8 heteroatoms. The maximum absolute atomic E-state index is 12.9. The van der Waals surface area contributed by atoms with E-state index in [1.807, 2.05) is 28.0 Å². The minimum Gasteiger partial charge on any atom is -0.335 e. The molecule has 5 N–H and O–H groups in total. The van der Waals surface area contributed by atoms with E-state index in [2.05, 4.69) is 10.2 Å². The topological polar surface area (TPSA) is 121 Å². The van der Waals surface area contributed by atoms with Crippen molar-refractivity contribution >= 4 is 22.7 Å². The molecule has 2 amide bonds. The number of benzene rings is 1. The van der Waals surface area contributed by atoms with Gasteiger partial charge in [-0.1, -0.05) is 0 Å². The number of rotatable bonds is 3. The maximum Gasteiger partial charge on any atom is 0.254 e. The molecule has 8 nitrogen and oxygen atoms in total. The zero-order valence-corrected chi connectivity index (χ0v) is 13.9. The van der Waals surface area contributed by atoms with Gasteiger partial charge in [-0.15, -0.1) is 0 Å². The SMILES string of the molecule is NCC(N)C(=O)N1CCN(C(=O)c2ccc3[nH]ncc3c2)CC12CC2. The van der Waals surface area contributed by atoms with Crippen LogP contribution in [0.25, 0.3) is 10.9 Å². The molecule has 132 valence electrons. The average Bonchev–Trinajstić information content (AvgIpc) is 3.22. The van der Waals surface area contributed by atoms with Crippen LogP contribution in [0.5, 0.6) is 0 Å². The van der Waals surface area contributed by atoms with Crippen LogP contribution in [0.1, 0.15) is 23.2 Å². The summed E-state index contributed by atoms with van der Waals surface area (Å²) >= 11 is 0. The molecular formula is C17H22N6O2. The normalized spacial score (nSPS) is 20.1. The van der Waals surface area contributed by atoms with E-state index in [0.29, 0.717) is 25.2 Å². The average molecular weight is 342 g/mol. The lowest BCUT2D eigenvalue weighted by atomic mass is 10.1. The van der Waals surface area contributed by atoms with Crippen LogP contribution in [0, 0.1) is 0 Å². The van der Waals surface area contributed by atoms with Gasteiger partial charge in [0.1, 0.15) is 0 Å². The smallest absolute Gasteiger partial charge is 0.254 e. The molecule has 2 aliphatic rings. The van der Waals surface area contributed by atoms with Crippen LogP contribution >= 0.6 is 0 Å². The first-order chi connectivity index (χ1) is 12.0. The van der Waals surface area contributed by atoms with Gasteiger partial charge in [-0.05, 0) is 31.0 Å². The van der Waals surface area contributed by atoms with Crippen molar-refractivity contribution in [3.8, 4) is 0 Å². The molecule has 1 spiro atoms. The van der Waals surface area contributed by atoms with Crippen molar-refractivity contribution in [2.24, 2.45) is 11.5 Å². The molecule has 1 aliphatic heterocycles. The number of aromatic nitrogens is 2. The molecule has 1 saturated heterocycles. The van der Waals surface area contributed by atoms with Crippen molar-refractivity contribution in [2.75, 3.05) is 26.2 Å². The first-order valence-electron chi connectivity index (χ1n) is 8.54. The standard InChI is InChI=1S/C17H22N6O2/c18-8-13(19)16(25)23-6-5-22(10-17(23)3-4-17)15(24)11-1-2-14-12(7-11)9-20-21-14/h1-2,7,9,13H,3-6,8,10,18-19H2,(H,20,21). The Kier molecular flexibility index (Phi) is 3.73. The first-order valence-corrected chi connectivity index (χ1v) is 8.54. The van der Waals surface area contributed by atoms with E-state index in [-0.39, 0.29) is 23.9 Å². The Morgan fingerprint density at radius 3 is 2.84 bits per heavy atom. The lowest BCUT2D eigenvalue weighted by Crippen LogP contribution is -2.61. The van der Waals surface area contributed by atoms with Gasteiger partial charge in [-0.25, -0.2) is 0 Å². The number of H-pyrrole nitrogens is 1. The second kappa shape index (κ2) is 5.82. The van der Waals surface area contributed by atoms with Crippen LogP contribution in [0.3, 0.4) is 0 Å². The molecule has 1 saturated carbocycles. The first kappa shape index (κ1) is 16.0. The summed E-state index contributed by atoms with van der Waals surface area (Å²) in [7, 11) is 0. The van der Waals surface area contributed by atoms with E-state index >= 15 is 0 Å². The van der Waals surface area contributed by atoms with Crippen LogP contribution in [-0.2, 0) is 4.79 Å². The van der Waals surface area contributed by atoms with Gasteiger partial charge >= 0.3 is 0 Å². The number of amides is 2. The Balaban J connectivity index is 1.52. The lowest BCUT2D eigenvalue weighted by Gasteiger charge is -2.43. The van der Waals surface area contributed by atoms with Gasteiger partial charge in [-0.3, -0.25) is 14.7 Å². The minimum atomic E-state index is -0.664. The third kappa shape index (κ3) is 2.67. The molecule has 1 aromatic carbocycles. The quantitative estimate of drug-likeness (QED) is 0.705. The van der Waals surface area contributed by atoms with E-state index in [1.165, 1.54) is 0 Å². The predicted molar refractivity (Wildman–Crippen MR) is 92.7 cm³/mol. The highest BCUT2D eigenvalue weighted by atomic mass is 16.2. The van der Waals surface area contributed by atoms with Crippen molar-refractivity contribution in [3.05, 3.63) is 30.0 Å². The molecule has 4 rings (SSSR count). The number of carbonyl (C=O) groups excluding carboxylic acids is 2. The minimum absolute atomic E-state index is 0.00963. The van der Waals surface area contributed by atoms with Crippen molar-refractivity contribution in [3.63, 3.8) is 0 Å². The Morgan fingerprint density at radius 1 is 1.32 bits per heavy atom. The predicted octanol–water partition coefficient (Wildman–Crippen LogP) is -0.334. The number of aromatic amines is 1. The van der Waals surface area contributed by atoms with Gasteiger partial charge in [-0.2, -0.15) is 5.10 Å². The fourth-order valence-corrected chi connectivity index (χ4v) is 3.63. The van der Waals surface area contributed by atoms with Crippen molar-refractivity contribution in [2.45, 2.75) is 24.4 Å². The fourth-order valence-electron chi connectivity index (χ4n) is 3.63. The van der Waals surface area contributed by atoms with Crippen molar-refractivity contribution in [1.29, 1.82) is 0 Å². The number of nitrogens with zero attached hydrogens (tertiary/aromatic N) is 3. The molecule has 0 radical (unpaired) electrons. The zero-order valence-electron chi connectivity index (χ0n) is 13.9. The molecular weight excluding hydrogens is 320 g/mol. The van der Waals surface area contributed by atoms with Crippen LogP contribution in [0.4, 0.5) is 0 Å². The molecule has 2 heterocycles. The molecule has 1 atom stereocenters. The van der Waals surface area contributed by atoms with Gasteiger partial charge in [0.25, 0.3) is 5.91 Å². The summed E-state index contributed by atoms with van der Waals surface area (Å²) < 4.78 is 0. The summed E-state index contributed by atoms with van der Waals surface area (Å²) in [4.78, 5) is 29.0. The second-order valence-corrected chi connectivity index (χ2v) is 6.96. The molecule has 1 aliphatic carbocycles. The van der Waals surface area contributed by atoms with Crippen molar-refractivity contribution < 1.29 is 9.59 Å². The van der Waals surface area contributed by atoms with E-state index in [1.54, 1.807) is 6.20 Å². The van der Waals surface area contributed by atoms with E-state index in [0.717, 1.165) is 23.7 Å². The number of carbonyl (C=O) groups is 2. The summed E-state index contributed by atoms with van der Waals surface area (Å²) in [6.45, 7) is 1.70. The highest BCUT2D eigenvalue weighted by Crippen LogP contribution is 2.44. The van der Waals surface area contributed by atoms with E-state index in [9.17, 15) is 9.59 Å². The van der Waals surface area contributed by atoms with Crippen LogP contribution in [0.15, 0.2) is 24.4 Å². The summed E-state index contributed by atoms with van der Waals surface area (Å²) in [5, 5.41) is 7.78. The largest absolute Gasteiger partial charge is 0.335 e. The van der Waals surface area contributed by atoms with Crippen LogP contribution in [0.2, 0.25) is 0 Å². The van der Waals surface area contributed by atoms with Gasteiger partial charge in [0.15, 0.2) is 0 Å². The van der Waals surface area contributed by atoms with Gasteiger partial charge in [0, 0.05) is 37.1 Å². The van der Waals surface area contributed by atoms with E-state index in [4.69, 9.17) is 11.5 Å². The molecule has 2 fully saturated rings. The molecule has 0 bridgehead atoms. The number of fused-ring (bicyclic) bond motifs is 1. The Labute approximate surface area is 145 Å². The Bertz CT molecular complexity index is 827. The third-order valence-electron chi connectivity index (χ3n) is 5.29. The third-order valence-corrected chi connectivity index (χ3v) is 5.29. The van der Waals surface area contributed by atoms with Gasteiger partial charge in [0.2, 0.25) is 5.91 Å². The number of nitrogens with two attached hydrogens (primary N) is 2. The van der Waals surface area contributed by atoms with Gasteiger partial charge in [0.05, 0.1) is 23.3 Å². The maximum atomic E-state index is 12.9. The molecule has 25 heavy (non-hydrogen) atoms. The highest BCUT2D eigenvalue weighted by molar-refractivity contribution is 5.98. The van der Waals surface area contributed by atoms with Crippen LogP contribution in [-0.4, -0.2) is 69.6 Å². The zero-order chi connectivity index (χ0) is 17.6. The summed E-state index contributed by atoms with van der Waals surface area (Å²) in [5.41, 5.74) is 12.6. The number of hydrogen-bond acceptors (Lipinski definition) is 5. The Hall–Kier alpha value is -2.45. The van der Waals surface area contributed by atoms with Crippen LogP contribution < -0.4 is 11.5 Å². The fraction of sp³-hybridized carbons (Fsp3) is 0.471. The summed E-state index contributed by atoms with van der Waals surface area (Å²) in [6, 6.07) is 4.86. The number of nitrogens with one attached hydrogen (secondary N) is 1. The molecule has 2 aromatic rings. The van der Waals surface area contributed by atoms with E-state index < -0.39 is 6.04 Å². The van der Waals surface area contributed by atoms with Gasteiger partial charge < -0.3 is 21.3 Å². The second-order valence-electron chi connectivity index (χ2n) is 6.96. The summed E-state index contributed by atoms with van der Waals surface area (Å²) in [5.74, 6) is -0.114. The van der Waals surface area contributed by atoms with Crippen molar-refractivity contribution in [1.82, 2.24) is 20.0 Å². The number of piperazine rings is 1. The highest BCUT2D eigenvalue weighted by Gasteiger charge is 2.54.